The Labute approximate surface area is 128 Å². The summed E-state index contributed by atoms with van der Waals surface area (Å²) in [6, 6.07) is 5.77. The van der Waals surface area contributed by atoms with Crippen molar-refractivity contribution >= 4 is 5.78 Å². The average Bonchev–Trinajstić information content (AvgIpc) is 2.93. The molecular weight excluding hydrogens is 262 g/mol. The second-order valence-electron chi connectivity index (χ2n) is 6.16. The van der Waals surface area contributed by atoms with E-state index in [1.165, 1.54) is 25.7 Å². The van der Waals surface area contributed by atoms with Crippen LogP contribution in [0.1, 0.15) is 55.5 Å². The summed E-state index contributed by atoms with van der Waals surface area (Å²) < 4.78 is 5.70. The lowest BCUT2D eigenvalue weighted by molar-refractivity contribution is 0.101. The molecule has 0 atom stereocenters. The summed E-state index contributed by atoms with van der Waals surface area (Å²) in [4.78, 5) is 13.9. The lowest BCUT2D eigenvalue weighted by Gasteiger charge is -2.22. The first-order chi connectivity index (χ1) is 10.1. The summed E-state index contributed by atoms with van der Waals surface area (Å²) in [6.07, 6.45) is 5.47. The van der Waals surface area contributed by atoms with Gasteiger partial charge in [-0.15, -0.1) is 0 Å². The molecule has 0 radical (unpaired) electrons. The highest BCUT2D eigenvalue weighted by Gasteiger charge is 2.18. The van der Waals surface area contributed by atoms with E-state index in [0.29, 0.717) is 6.61 Å². The Kier molecular flexibility index (Phi) is 5.80. The molecule has 3 nitrogen and oxygen atoms in total. The number of carbonyl (C=O) groups is 1. The Bertz CT molecular complexity index is 478. The van der Waals surface area contributed by atoms with Crippen LogP contribution in [-0.4, -0.2) is 30.9 Å². The Balaban J connectivity index is 2.07. The monoisotopic (exact) mass is 289 g/mol. The fourth-order valence-corrected chi connectivity index (χ4v) is 3.21. The molecule has 21 heavy (non-hydrogen) atoms. The Morgan fingerprint density at radius 3 is 2.67 bits per heavy atom. The van der Waals surface area contributed by atoms with Gasteiger partial charge in [0.2, 0.25) is 0 Å². The first-order valence-corrected chi connectivity index (χ1v) is 8.05. The van der Waals surface area contributed by atoms with Crippen molar-refractivity contribution in [3.63, 3.8) is 0 Å². The number of hydrogen-bond donors (Lipinski definition) is 0. The first kappa shape index (κ1) is 16.0. The van der Waals surface area contributed by atoms with Crippen molar-refractivity contribution in [2.45, 2.75) is 46.1 Å². The summed E-state index contributed by atoms with van der Waals surface area (Å²) in [6.45, 7) is 6.23. The molecule has 1 fully saturated rings. The highest BCUT2D eigenvalue weighted by Crippen LogP contribution is 2.27. The molecule has 1 aromatic carbocycles. The predicted molar refractivity (Wildman–Crippen MR) is 85.9 cm³/mol. The van der Waals surface area contributed by atoms with Crippen LogP contribution in [0.5, 0.6) is 5.75 Å². The summed E-state index contributed by atoms with van der Waals surface area (Å²) in [7, 11) is 2.16. The largest absolute Gasteiger partial charge is 0.494 e. The van der Waals surface area contributed by atoms with Gasteiger partial charge < -0.3 is 9.64 Å². The van der Waals surface area contributed by atoms with Gasteiger partial charge in [-0.05, 0) is 57.9 Å². The Morgan fingerprint density at radius 1 is 1.33 bits per heavy atom. The molecule has 0 spiro atoms. The van der Waals surface area contributed by atoms with Crippen molar-refractivity contribution in [1.82, 2.24) is 4.90 Å². The van der Waals surface area contributed by atoms with Gasteiger partial charge in [0, 0.05) is 24.2 Å². The van der Waals surface area contributed by atoms with Gasteiger partial charge in [0.25, 0.3) is 0 Å². The van der Waals surface area contributed by atoms with E-state index < -0.39 is 0 Å². The van der Waals surface area contributed by atoms with Crippen molar-refractivity contribution in [3.05, 3.63) is 29.3 Å². The van der Waals surface area contributed by atoms with E-state index in [0.717, 1.165) is 35.9 Å². The number of ketones is 1. The van der Waals surface area contributed by atoms with Crippen LogP contribution >= 0.6 is 0 Å². The number of Topliss-reactive ketones (excluding diaryl/α,β-unsaturated/α-hetero) is 1. The zero-order chi connectivity index (χ0) is 15.2. The third-order valence-electron chi connectivity index (χ3n) is 4.25. The van der Waals surface area contributed by atoms with Gasteiger partial charge in [0.15, 0.2) is 5.78 Å². The van der Waals surface area contributed by atoms with Gasteiger partial charge in [0.05, 0.1) is 6.61 Å². The van der Waals surface area contributed by atoms with Gasteiger partial charge >= 0.3 is 0 Å². The van der Waals surface area contributed by atoms with Gasteiger partial charge in [-0.1, -0.05) is 12.8 Å². The van der Waals surface area contributed by atoms with E-state index in [9.17, 15) is 4.79 Å². The highest BCUT2D eigenvalue weighted by atomic mass is 16.5. The quantitative estimate of drug-likeness (QED) is 0.713. The Hall–Kier alpha value is -1.35. The number of rotatable bonds is 7. The molecule has 1 saturated carbocycles. The molecule has 0 N–H and O–H groups in total. The van der Waals surface area contributed by atoms with E-state index >= 15 is 0 Å². The third kappa shape index (κ3) is 4.57. The number of nitrogens with zero attached hydrogens (tertiary/aromatic N) is 1. The van der Waals surface area contributed by atoms with E-state index in [2.05, 4.69) is 11.9 Å². The molecule has 0 heterocycles. The summed E-state index contributed by atoms with van der Waals surface area (Å²) in [5.41, 5.74) is 1.88. The normalized spacial score (nSPS) is 15.6. The molecule has 2 rings (SSSR count). The highest BCUT2D eigenvalue weighted by molar-refractivity contribution is 5.94. The Morgan fingerprint density at radius 2 is 2.05 bits per heavy atom. The van der Waals surface area contributed by atoms with Crippen LogP contribution in [-0.2, 0) is 6.54 Å². The zero-order valence-corrected chi connectivity index (χ0v) is 13.5. The van der Waals surface area contributed by atoms with E-state index in [-0.39, 0.29) is 5.78 Å². The van der Waals surface area contributed by atoms with Gasteiger partial charge in [0.1, 0.15) is 5.75 Å². The van der Waals surface area contributed by atoms with Crippen LogP contribution in [0.2, 0.25) is 0 Å². The number of hydrogen-bond acceptors (Lipinski definition) is 3. The van der Waals surface area contributed by atoms with E-state index in [4.69, 9.17) is 4.74 Å². The number of ether oxygens (including phenoxy) is 1. The van der Waals surface area contributed by atoms with Crippen molar-refractivity contribution in [2.75, 3.05) is 20.2 Å². The van der Waals surface area contributed by atoms with E-state index in [1.807, 2.05) is 25.1 Å². The predicted octanol–water partition coefficient (Wildman–Crippen LogP) is 3.91. The van der Waals surface area contributed by atoms with Crippen LogP contribution in [0.3, 0.4) is 0 Å². The minimum Gasteiger partial charge on any atom is -0.494 e. The molecule has 0 aromatic heterocycles. The van der Waals surface area contributed by atoms with Crippen LogP contribution in [0.15, 0.2) is 18.2 Å². The first-order valence-electron chi connectivity index (χ1n) is 8.05. The molecule has 116 valence electrons. The van der Waals surface area contributed by atoms with E-state index in [1.54, 1.807) is 6.92 Å². The molecule has 1 aromatic rings. The summed E-state index contributed by atoms with van der Waals surface area (Å²) in [5, 5.41) is 0. The van der Waals surface area contributed by atoms with Gasteiger partial charge in [-0.3, -0.25) is 4.79 Å². The molecule has 1 aliphatic carbocycles. The maximum Gasteiger partial charge on any atom is 0.159 e. The van der Waals surface area contributed by atoms with Crippen molar-refractivity contribution in [1.29, 1.82) is 0 Å². The smallest absolute Gasteiger partial charge is 0.159 e. The number of benzene rings is 1. The standard InChI is InChI=1S/C18H27NO2/c1-4-21-18-10-9-16(14(2)20)11-17(18)13-19(3)12-15-7-5-6-8-15/h9-11,15H,4-8,12-13H2,1-3H3. The topological polar surface area (TPSA) is 29.5 Å². The average molecular weight is 289 g/mol. The molecule has 0 aliphatic heterocycles. The lowest BCUT2D eigenvalue weighted by atomic mass is 10.0. The van der Waals surface area contributed by atoms with Gasteiger partial charge in [-0.25, -0.2) is 0 Å². The maximum atomic E-state index is 11.6. The van der Waals surface area contributed by atoms with Crippen LogP contribution in [0.25, 0.3) is 0 Å². The van der Waals surface area contributed by atoms with Crippen LogP contribution < -0.4 is 4.74 Å². The second-order valence-corrected chi connectivity index (χ2v) is 6.16. The second kappa shape index (κ2) is 7.60. The zero-order valence-electron chi connectivity index (χ0n) is 13.5. The minimum absolute atomic E-state index is 0.109. The number of carbonyl (C=O) groups excluding carboxylic acids is 1. The van der Waals surface area contributed by atoms with Crippen molar-refractivity contribution < 1.29 is 9.53 Å². The molecule has 1 aliphatic rings. The molecule has 3 heteroatoms. The summed E-state index contributed by atoms with van der Waals surface area (Å²) in [5.74, 6) is 1.85. The van der Waals surface area contributed by atoms with Crippen molar-refractivity contribution in [2.24, 2.45) is 5.92 Å². The van der Waals surface area contributed by atoms with Crippen LogP contribution in [0.4, 0.5) is 0 Å². The van der Waals surface area contributed by atoms with Gasteiger partial charge in [-0.2, -0.15) is 0 Å². The lowest BCUT2D eigenvalue weighted by Crippen LogP contribution is -2.24. The summed E-state index contributed by atoms with van der Waals surface area (Å²) >= 11 is 0. The van der Waals surface area contributed by atoms with Crippen molar-refractivity contribution in [3.8, 4) is 5.75 Å². The SMILES string of the molecule is CCOc1ccc(C(C)=O)cc1CN(C)CC1CCCC1. The fourth-order valence-electron chi connectivity index (χ4n) is 3.21. The molecule has 0 bridgehead atoms. The molecule has 0 amide bonds. The molecule has 0 saturated heterocycles. The minimum atomic E-state index is 0.109. The van der Waals surface area contributed by atoms with Crippen LogP contribution in [0, 0.1) is 5.92 Å². The third-order valence-corrected chi connectivity index (χ3v) is 4.25. The molecule has 0 unspecified atom stereocenters. The molecular formula is C18H27NO2. The maximum absolute atomic E-state index is 11.6. The fraction of sp³-hybridized carbons (Fsp3) is 0.611.